The van der Waals surface area contributed by atoms with Crippen molar-refractivity contribution < 1.29 is 9.59 Å². The van der Waals surface area contributed by atoms with Gasteiger partial charge in [-0.05, 0) is 24.6 Å². The lowest BCUT2D eigenvalue weighted by Gasteiger charge is -2.21. The molecule has 1 fully saturated rings. The molecule has 1 aliphatic rings. The molecule has 1 saturated heterocycles. The molecule has 0 spiro atoms. The standard InChI is InChI=1S/C12H10ClN3O2S/c13-6-1-3-9-8(5-6)15-12(19-9)14-7-2-4-10(17)16-11(7)18/h1,3,5,7H,2,4H2,(H,14,15)(H,16,17,18). The second-order valence-corrected chi connectivity index (χ2v) is 5.75. The second-order valence-electron chi connectivity index (χ2n) is 4.28. The fraction of sp³-hybridized carbons (Fsp3) is 0.250. The van der Waals surface area contributed by atoms with Crippen LogP contribution in [-0.4, -0.2) is 22.8 Å². The van der Waals surface area contributed by atoms with E-state index in [1.54, 1.807) is 12.1 Å². The maximum absolute atomic E-state index is 11.6. The Bertz CT molecular complexity index is 670. The summed E-state index contributed by atoms with van der Waals surface area (Å²) in [4.78, 5) is 27.1. The number of benzene rings is 1. The van der Waals surface area contributed by atoms with Crippen LogP contribution < -0.4 is 10.6 Å². The first-order valence-corrected chi connectivity index (χ1v) is 6.97. The van der Waals surface area contributed by atoms with Crippen molar-refractivity contribution >= 4 is 50.1 Å². The van der Waals surface area contributed by atoms with Crippen molar-refractivity contribution in [2.24, 2.45) is 0 Å². The van der Waals surface area contributed by atoms with Gasteiger partial charge in [-0.15, -0.1) is 0 Å². The zero-order chi connectivity index (χ0) is 13.4. The number of halogens is 1. The highest BCUT2D eigenvalue weighted by Gasteiger charge is 2.27. The molecule has 7 heteroatoms. The number of aromatic nitrogens is 1. The Kier molecular flexibility index (Phi) is 3.12. The molecule has 1 unspecified atom stereocenters. The summed E-state index contributed by atoms with van der Waals surface area (Å²) in [6.07, 6.45) is 0.835. The molecule has 98 valence electrons. The predicted molar refractivity (Wildman–Crippen MR) is 74.4 cm³/mol. The maximum atomic E-state index is 11.6. The van der Waals surface area contributed by atoms with E-state index in [1.165, 1.54) is 11.3 Å². The monoisotopic (exact) mass is 295 g/mol. The molecule has 0 radical (unpaired) electrons. The van der Waals surface area contributed by atoms with E-state index in [0.717, 1.165) is 10.2 Å². The number of rotatable bonds is 2. The molecule has 2 amide bonds. The van der Waals surface area contributed by atoms with Crippen LogP contribution in [0.5, 0.6) is 0 Å². The molecule has 19 heavy (non-hydrogen) atoms. The number of imide groups is 1. The van der Waals surface area contributed by atoms with Gasteiger partial charge in [-0.1, -0.05) is 22.9 Å². The van der Waals surface area contributed by atoms with Crippen LogP contribution in [0.4, 0.5) is 5.13 Å². The molecular weight excluding hydrogens is 286 g/mol. The Morgan fingerprint density at radius 2 is 2.26 bits per heavy atom. The zero-order valence-corrected chi connectivity index (χ0v) is 11.3. The number of carbonyl (C=O) groups is 2. The molecule has 1 aliphatic heterocycles. The largest absolute Gasteiger partial charge is 0.350 e. The first-order valence-electron chi connectivity index (χ1n) is 5.78. The lowest BCUT2D eigenvalue weighted by molar-refractivity contribution is -0.133. The average molecular weight is 296 g/mol. The van der Waals surface area contributed by atoms with E-state index in [4.69, 9.17) is 11.6 Å². The Hall–Kier alpha value is -1.66. The van der Waals surface area contributed by atoms with Gasteiger partial charge in [0, 0.05) is 11.4 Å². The Morgan fingerprint density at radius 1 is 1.42 bits per heavy atom. The number of hydrogen-bond donors (Lipinski definition) is 2. The summed E-state index contributed by atoms with van der Waals surface area (Å²) < 4.78 is 0.999. The van der Waals surface area contributed by atoms with Crippen molar-refractivity contribution in [1.82, 2.24) is 10.3 Å². The quantitative estimate of drug-likeness (QED) is 0.833. The molecule has 1 aromatic carbocycles. The third-order valence-electron chi connectivity index (χ3n) is 2.89. The third kappa shape index (κ3) is 2.54. The molecule has 3 rings (SSSR count). The summed E-state index contributed by atoms with van der Waals surface area (Å²) in [6.45, 7) is 0. The molecule has 1 atom stereocenters. The molecule has 2 N–H and O–H groups in total. The zero-order valence-electron chi connectivity index (χ0n) is 9.77. The lowest BCUT2D eigenvalue weighted by Crippen LogP contribution is -2.47. The van der Waals surface area contributed by atoms with E-state index in [1.807, 2.05) is 6.07 Å². The first-order chi connectivity index (χ1) is 9.11. The summed E-state index contributed by atoms with van der Waals surface area (Å²) in [5.41, 5.74) is 0.798. The van der Waals surface area contributed by atoms with Crippen molar-refractivity contribution in [1.29, 1.82) is 0 Å². The van der Waals surface area contributed by atoms with Crippen molar-refractivity contribution in [3.63, 3.8) is 0 Å². The number of fused-ring (bicyclic) bond motifs is 1. The van der Waals surface area contributed by atoms with E-state index in [0.29, 0.717) is 23.0 Å². The van der Waals surface area contributed by atoms with Crippen LogP contribution in [-0.2, 0) is 9.59 Å². The third-order valence-corrected chi connectivity index (χ3v) is 4.09. The van der Waals surface area contributed by atoms with Crippen molar-refractivity contribution in [2.45, 2.75) is 18.9 Å². The minimum atomic E-state index is -0.409. The number of nitrogens with one attached hydrogen (secondary N) is 2. The number of nitrogens with zero attached hydrogens (tertiary/aromatic N) is 1. The summed E-state index contributed by atoms with van der Waals surface area (Å²) in [6, 6.07) is 5.07. The van der Waals surface area contributed by atoms with Crippen LogP contribution >= 0.6 is 22.9 Å². The lowest BCUT2D eigenvalue weighted by atomic mass is 10.1. The molecule has 1 aromatic heterocycles. The fourth-order valence-electron chi connectivity index (χ4n) is 1.94. The molecule has 2 aromatic rings. The van der Waals surface area contributed by atoms with Crippen LogP contribution in [0.15, 0.2) is 18.2 Å². The predicted octanol–water partition coefficient (Wildman–Crippen LogP) is 2.17. The summed E-state index contributed by atoms with van der Waals surface area (Å²) >= 11 is 7.36. The van der Waals surface area contributed by atoms with Crippen molar-refractivity contribution in [3.8, 4) is 0 Å². The van der Waals surface area contributed by atoms with Gasteiger partial charge in [-0.25, -0.2) is 4.98 Å². The van der Waals surface area contributed by atoms with Gasteiger partial charge in [0.15, 0.2) is 5.13 Å². The topological polar surface area (TPSA) is 71.1 Å². The van der Waals surface area contributed by atoms with E-state index < -0.39 is 6.04 Å². The molecule has 2 heterocycles. The molecular formula is C12H10ClN3O2S. The fourth-order valence-corrected chi connectivity index (χ4v) is 3.01. The number of carbonyl (C=O) groups excluding carboxylic acids is 2. The summed E-state index contributed by atoms with van der Waals surface area (Å²) in [5.74, 6) is -0.521. The van der Waals surface area contributed by atoms with E-state index in [2.05, 4.69) is 15.6 Å². The minimum Gasteiger partial charge on any atom is -0.350 e. The van der Waals surface area contributed by atoms with Crippen molar-refractivity contribution in [2.75, 3.05) is 5.32 Å². The van der Waals surface area contributed by atoms with Gasteiger partial charge in [0.25, 0.3) is 0 Å². The van der Waals surface area contributed by atoms with Crippen LogP contribution in [0.25, 0.3) is 10.2 Å². The Morgan fingerprint density at radius 3 is 3.05 bits per heavy atom. The van der Waals surface area contributed by atoms with Crippen molar-refractivity contribution in [3.05, 3.63) is 23.2 Å². The second kappa shape index (κ2) is 4.79. The molecule has 0 saturated carbocycles. The van der Waals surface area contributed by atoms with Crippen LogP contribution in [0, 0.1) is 0 Å². The van der Waals surface area contributed by atoms with Gasteiger partial charge in [-0.3, -0.25) is 14.9 Å². The highest BCUT2D eigenvalue weighted by Crippen LogP contribution is 2.28. The van der Waals surface area contributed by atoms with Crippen LogP contribution in [0.3, 0.4) is 0 Å². The summed E-state index contributed by atoms with van der Waals surface area (Å²) in [7, 11) is 0. The normalized spacial score (nSPS) is 19.5. The number of piperidine rings is 1. The van der Waals surface area contributed by atoms with Gasteiger partial charge in [-0.2, -0.15) is 0 Å². The average Bonchev–Trinajstić information content (AvgIpc) is 2.74. The highest BCUT2D eigenvalue weighted by atomic mass is 35.5. The smallest absolute Gasteiger partial charge is 0.249 e. The SMILES string of the molecule is O=C1CCC(Nc2nc3cc(Cl)ccc3s2)C(=O)N1. The number of hydrogen-bond acceptors (Lipinski definition) is 5. The molecule has 5 nitrogen and oxygen atoms in total. The van der Waals surface area contributed by atoms with Crippen LogP contribution in [0.2, 0.25) is 5.02 Å². The van der Waals surface area contributed by atoms with E-state index >= 15 is 0 Å². The number of thiazole rings is 1. The number of amides is 2. The maximum Gasteiger partial charge on any atom is 0.249 e. The van der Waals surface area contributed by atoms with Gasteiger partial charge >= 0.3 is 0 Å². The molecule has 0 bridgehead atoms. The van der Waals surface area contributed by atoms with E-state index in [-0.39, 0.29) is 11.8 Å². The first kappa shape index (κ1) is 12.4. The number of anilines is 1. The Labute approximate surface area is 118 Å². The van der Waals surface area contributed by atoms with Crippen LogP contribution in [0.1, 0.15) is 12.8 Å². The van der Waals surface area contributed by atoms with Gasteiger partial charge in [0.2, 0.25) is 11.8 Å². The Balaban J connectivity index is 1.81. The van der Waals surface area contributed by atoms with E-state index in [9.17, 15) is 9.59 Å². The minimum absolute atomic E-state index is 0.223. The summed E-state index contributed by atoms with van der Waals surface area (Å²) in [5, 5.41) is 6.66. The molecule has 0 aliphatic carbocycles. The van der Waals surface area contributed by atoms with Gasteiger partial charge in [0.1, 0.15) is 6.04 Å². The van der Waals surface area contributed by atoms with Gasteiger partial charge < -0.3 is 5.32 Å². The highest BCUT2D eigenvalue weighted by molar-refractivity contribution is 7.22. The van der Waals surface area contributed by atoms with Gasteiger partial charge in [0.05, 0.1) is 10.2 Å².